The molecule has 0 amide bonds. The first kappa shape index (κ1) is 13.1. The maximum absolute atomic E-state index is 13.6. The standard InChI is InChI=1S/C13H16FN3S/c1-2-9-3-4-10(18-9)7-13(17-15)11-5-6-16-8-12(11)14/h3-6,8,13,17H,2,7,15H2,1H3. The molecule has 2 heterocycles. The summed E-state index contributed by atoms with van der Waals surface area (Å²) in [6.45, 7) is 2.12. The number of halogens is 1. The monoisotopic (exact) mass is 265 g/mol. The average Bonchev–Trinajstić information content (AvgIpc) is 2.85. The molecule has 0 aliphatic rings. The number of pyridine rings is 1. The van der Waals surface area contributed by atoms with E-state index in [1.54, 1.807) is 23.6 Å². The zero-order valence-corrected chi connectivity index (χ0v) is 11.0. The smallest absolute Gasteiger partial charge is 0.146 e. The van der Waals surface area contributed by atoms with Gasteiger partial charge in [0.25, 0.3) is 0 Å². The summed E-state index contributed by atoms with van der Waals surface area (Å²) < 4.78 is 13.6. The van der Waals surface area contributed by atoms with Crippen LogP contribution in [0.1, 0.15) is 28.3 Å². The predicted molar refractivity (Wildman–Crippen MR) is 71.7 cm³/mol. The minimum absolute atomic E-state index is 0.226. The summed E-state index contributed by atoms with van der Waals surface area (Å²) in [7, 11) is 0. The Bertz CT molecular complexity index is 512. The van der Waals surface area contributed by atoms with Crippen molar-refractivity contribution in [2.45, 2.75) is 25.8 Å². The number of aromatic nitrogens is 1. The third-order valence-corrected chi connectivity index (χ3v) is 4.10. The molecule has 2 aromatic heterocycles. The van der Waals surface area contributed by atoms with Gasteiger partial charge in [0, 0.05) is 27.9 Å². The molecule has 0 saturated heterocycles. The van der Waals surface area contributed by atoms with Crippen LogP contribution >= 0.6 is 11.3 Å². The van der Waals surface area contributed by atoms with Crippen LogP contribution in [0.3, 0.4) is 0 Å². The van der Waals surface area contributed by atoms with Gasteiger partial charge in [0.15, 0.2) is 0 Å². The normalized spacial score (nSPS) is 12.6. The molecule has 0 radical (unpaired) electrons. The number of hydrogen-bond acceptors (Lipinski definition) is 4. The molecule has 0 aliphatic carbocycles. The van der Waals surface area contributed by atoms with Crippen molar-refractivity contribution in [1.29, 1.82) is 0 Å². The van der Waals surface area contributed by atoms with Gasteiger partial charge in [-0.15, -0.1) is 11.3 Å². The molecule has 1 atom stereocenters. The van der Waals surface area contributed by atoms with E-state index in [0.717, 1.165) is 6.42 Å². The Hall–Kier alpha value is -1.30. The molecule has 1 unspecified atom stereocenters. The van der Waals surface area contributed by atoms with Gasteiger partial charge in [-0.1, -0.05) is 6.92 Å². The van der Waals surface area contributed by atoms with Gasteiger partial charge in [0.05, 0.1) is 12.2 Å². The lowest BCUT2D eigenvalue weighted by atomic mass is 10.0. The van der Waals surface area contributed by atoms with Crippen LogP contribution < -0.4 is 11.3 Å². The molecule has 0 saturated carbocycles. The summed E-state index contributed by atoms with van der Waals surface area (Å²) in [6.07, 6.45) is 4.50. The van der Waals surface area contributed by atoms with E-state index >= 15 is 0 Å². The van der Waals surface area contributed by atoms with Crippen molar-refractivity contribution < 1.29 is 4.39 Å². The van der Waals surface area contributed by atoms with Gasteiger partial charge in [-0.05, 0) is 24.6 Å². The van der Waals surface area contributed by atoms with Crippen LogP contribution in [0.4, 0.5) is 4.39 Å². The van der Waals surface area contributed by atoms with Crippen molar-refractivity contribution in [3.63, 3.8) is 0 Å². The fourth-order valence-electron chi connectivity index (χ4n) is 1.85. The summed E-state index contributed by atoms with van der Waals surface area (Å²) in [5.41, 5.74) is 3.23. The Morgan fingerprint density at radius 3 is 2.78 bits per heavy atom. The number of hydrazine groups is 1. The summed E-state index contributed by atoms with van der Waals surface area (Å²) in [6, 6.07) is 5.62. The molecule has 0 fully saturated rings. The summed E-state index contributed by atoms with van der Waals surface area (Å²) in [5.74, 6) is 5.20. The molecule has 18 heavy (non-hydrogen) atoms. The van der Waals surface area contributed by atoms with Crippen LogP contribution in [-0.2, 0) is 12.8 Å². The highest BCUT2D eigenvalue weighted by Crippen LogP contribution is 2.24. The summed E-state index contributed by atoms with van der Waals surface area (Å²) in [4.78, 5) is 6.27. The first-order valence-corrected chi connectivity index (χ1v) is 6.69. The van der Waals surface area contributed by atoms with E-state index in [1.165, 1.54) is 16.0 Å². The number of nitrogens with zero attached hydrogens (tertiary/aromatic N) is 1. The van der Waals surface area contributed by atoms with Gasteiger partial charge in [0.1, 0.15) is 5.82 Å². The van der Waals surface area contributed by atoms with Crippen LogP contribution in [0.2, 0.25) is 0 Å². The number of thiophene rings is 1. The number of nitrogens with two attached hydrogens (primary N) is 1. The lowest BCUT2D eigenvalue weighted by Crippen LogP contribution is -2.30. The molecular formula is C13H16FN3S. The van der Waals surface area contributed by atoms with E-state index in [2.05, 4.69) is 29.5 Å². The minimum atomic E-state index is -0.326. The van der Waals surface area contributed by atoms with E-state index in [9.17, 15) is 4.39 Å². The number of aryl methyl sites for hydroxylation is 1. The van der Waals surface area contributed by atoms with Gasteiger partial charge in [0.2, 0.25) is 0 Å². The topological polar surface area (TPSA) is 50.9 Å². The van der Waals surface area contributed by atoms with Crippen LogP contribution in [0.5, 0.6) is 0 Å². The molecule has 3 N–H and O–H groups in total. The Labute approximate surface area is 110 Å². The number of rotatable bonds is 5. The summed E-state index contributed by atoms with van der Waals surface area (Å²) in [5, 5.41) is 0. The van der Waals surface area contributed by atoms with Crippen LogP contribution in [-0.4, -0.2) is 4.98 Å². The van der Waals surface area contributed by atoms with Gasteiger partial charge in [-0.2, -0.15) is 0 Å². The Kier molecular flexibility index (Phi) is 4.41. The molecule has 3 nitrogen and oxygen atoms in total. The lowest BCUT2D eigenvalue weighted by molar-refractivity contribution is 0.510. The molecule has 2 aromatic rings. The largest absolute Gasteiger partial charge is 0.271 e. The quantitative estimate of drug-likeness (QED) is 0.645. The van der Waals surface area contributed by atoms with Crippen molar-refractivity contribution >= 4 is 11.3 Å². The SMILES string of the molecule is CCc1ccc(CC(NN)c2ccncc2F)s1. The highest BCUT2D eigenvalue weighted by atomic mass is 32.1. The molecule has 96 valence electrons. The second-order valence-electron chi connectivity index (χ2n) is 4.04. The molecular weight excluding hydrogens is 249 g/mol. The molecule has 0 aromatic carbocycles. The highest BCUT2D eigenvalue weighted by molar-refractivity contribution is 7.11. The van der Waals surface area contributed by atoms with E-state index in [1.807, 2.05) is 0 Å². The third-order valence-electron chi connectivity index (χ3n) is 2.85. The first-order chi connectivity index (χ1) is 8.74. The highest BCUT2D eigenvalue weighted by Gasteiger charge is 2.15. The van der Waals surface area contributed by atoms with Crippen LogP contribution in [0.25, 0.3) is 0 Å². The van der Waals surface area contributed by atoms with E-state index in [-0.39, 0.29) is 11.9 Å². The van der Waals surface area contributed by atoms with Crippen LogP contribution in [0, 0.1) is 5.82 Å². The molecule has 2 rings (SSSR count). The Morgan fingerprint density at radius 1 is 1.39 bits per heavy atom. The number of hydrogen-bond donors (Lipinski definition) is 2. The maximum Gasteiger partial charge on any atom is 0.146 e. The Balaban J connectivity index is 2.17. The van der Waals surface area contributed by atoms with E-state index < -0.39 is 0 Å². The zero-order valence-electron chi connectivity index (χ0n) is 10.2. The zero-order chi connectivity index (χ0) is 13.0. The van der Waals surface area contributed by atoms with Crippen molar-refractivity contribution in [2.75, 3.05) is 0 Å². The van der Waals surface area contributed by atoms with Gasteiger partial charge in [-0.3, -0.25) is 16.3 Å². The Morgan fingerprint density at radius 2 is 2.17 bits per heavy atom. The maximum atomic E-state index is 13.6. The van der Waals surface area contributed by atoms with Gasteiger partial charge in [-0.25, -0.2) is 4.39 Å². The minimum Gasteiger partial charge on any atom is -0.271 e. The molecule has 0 bridgehead atoms. The first-order valence-electron chi connectivity index (χ1n) is 5.87. The van der Waals surface area contributed by atoms with Gasteiger partial charge >= 0.3 is 0 Å². The van der Waals surface area contributed by atoms with Gasteiger partial charge < -0.3 is 0 Å². The van der Waals surface area contributed by atoms with E-state index in [0.29, 0.717) is 12.0 Å². The molecule has 0 aliphatic heterocycles. The average molecular weight is 265 g/mol. The molecule has 0 spiro atoms. The second kappa shape index (κ2) is 6.04. The lowest BCUT2D eigenvalue weighted by Gasteiger charge is -2.15. The fraction of sp³-hybridized carbons (Fsp3) is 0.308. The third kappa shape index (κ3) is 2.93. The van der Waals surface area contributed by atoms with Crippen molar-refractivity contribution in [3.05, 3.63) is 51.7 Å². The number of nitrogens with one attached hydrogen (secondary N) is 1. The summed E-state index contributed by atoms with van der Waals surface area (Å²) >= 11 is 1.74. The fourth-order valence-corrected chi connectivity index (χ4v) is 2.85. The van der Waals surface area contributed by atoms with Crippen molar-refractivity contribution in [3.8, 4) is 0 Å². The second-order valence-corrected chi connectivity index (χ2v) is 5.30. The molecule has 5 heteroatoms. The van der Waals surface area contributed by atoms with Crippen LogP contribution in [0.15, 0.2) is 30.6 Å². The van der Waals surface area contributed by atoms with Crippen molar-refractivity contribution in [2.24, 2.45) is 5.84 Å². The predicted octanol–water partition coefficient (Wildman–Crippen LogP) is 2.59. The van der Waals surface area contributed by atoms with E-state index in [4.69, 9.17) is 5.84 Å². The van der Waals surface area contributed by atoms with Crippen molar-refractivity contribution in [1.82, 2.24) is 10.4 Å².